The number of carbonyl (C=O) groups excluding carboxylic acids is 1. The van der Waals surface area contributed by atoms with E-state index in [1.54, 1.807) is 0 Å². The van der Waals surface area contributed by atoms with Crippen molar-refractivity contribution in [2.75, 3.05) is 6.61 Å². The molecule has 3 nitrogen and oxygen atoms in total. The minimum absolute atomic E-state index is 0.393. The molecule has 1 aromatic rings. The van der Waals surface area contributed by atoms with Crippen LogP contribution in [0.25, 0.3) is 0 Å². The van der Waals surface area contributed by atoms with E-state index in [0.717, 1.165) is 12.8 Å². The number of carbonyl (C=O) groups is 1. The Balaban J connectivity index is 2.14. The number of benzene rings is 1. The molecule has 0 N–H and O–H groups in total. The van der Waals surface area contributed by atoms with E-state index < -0.39 is 11.8 Å². The zero-order valence-corrected chi connectivity index (χ0v) is 10.7. The van der Waals surface area contributed by atoms with Crippen molar-refractivity contribution >= 4 is 6.16 Å². The Kier molecular flexibility index (Phi) is 5.01. The molecule has 17 heavy (non-hydrogen) atoms. The van der Waals surface area contributed by atoms with Gasteiger partial charge in [-0.25, -0.2) is 4.79 Å². The minimum atomic E-state index is -0.592. The van der Waals surface area contributed by atoms with E-state index >= 15 is 0 Å². The molecule has 1 aromatic carbocycles. The normalized spacial score (nSPS) is 11.0. The van der Waals surface area contributed by atoms with Gasteiger partial charge in [-0.05, 0) is 39.2 Å². The fourth-order valence-electron chi connectivity index (χ4n) is 1.36. The van der Waals surface area contributed by atoms with Crippen molar-refractivity contribution in [1.29, 1.82) is 0 Å². The maximum atomic E-state index is 11.2. The number of aryl methyl sites for hydroxylation is 1. The Morgan fingerprint density at radius 3 is 2.41 bits per heavy atom. The fraction of sp³-hybridized carbons (Fsp3) is 0.500. The summed E-state index contributed by atoms with van der Waals surface area (Å²) in [5.74, 6) is 0. The molecule has 0 atom stereocenters. The predicted octanol–water partition coefficient (Wildman–Crippen LogP) is 3.57. The smallest absolute Gasteiger partial charge is 0.434 e. The maximum absolute atomic E-state index is 11.2. The van der Waals surface area contributed by atoms with Gasteiger partial charge in [0.05, 0.1) is 6.61 Å². The average molecular weight is 236 g/mol. The van der Waals surface area contributed by atoms with Crippen LogP contribution in [0.15, 0.2) is 30.3 Å². The highest BCUT2D eigenvalue weighted by Crippen LogP contribution is 2.08. The van der Waals surface area contributed by atoms with Gasteiger partial charge in [0.1, 0.15) is 5.60 Å². The molecular weight excluding hydrogens is 216 g/mol. The number of hydrogen-bond donors (Lipinski definition) is 0. The van der Waals surface area contributed by atoms with Gasteiger partial charge >= 0.3 is 6.16 Å². The Labute approximate surface area is 103 Å². The highest BCUT2D eigenvalue weighted by molar-refractivity contribution is 5.60. The molecule has 0 spiro atoms. The van der Waals surface area contributed by atoms with E-state index in [-0.39, 0.29) is 0 Å². The minimum Gasteiger partial charge on any atom is -0.434 e. The lowest BCUT2D eigenvalue weighted by atomic mass is 10.1. The molecule has 0 unspecified atom stereocenters. The predicted molar refractivity (Wildman–Crippen MR) is 66.9 cm³/mol. The first-order valence-electron chi connectivity index (χ1n) is 5.87. The van der Waals surface area contributed by atoms with Crippen LogP contribution in [0.1, 0.15) is 32.8 Å². The molecule has 0 aliphatic heterocycles. The van der Waals surface area contributed by atoms with Gasteiger partial charge in [0.2, 0.25) is 0 Å². The van der Waals surface area contributed by atoms with E-state index in [1.165, 1.54) is 5.56 Å². The van der Waals surface area contributed by atoms with E-state index in [9.17, 15) is 4.79 Å². The summed E-state index contributed by atoms with van der Waals surface area (Å²) in [5.41, 5.74) is 0.761. The zero-order valence-electron chi connectivity index (χ0n) is 10.7. The highest BCUT2D eigenvalue weighted by Gasteiger charge is 2.16. The molecule has 0 saturated carbocycles. The lowest BCUT2D eigenvalue weighted by Gasteiger charge is -2.18. The van der Waals surface area contributed by atoms with Gasteiger partial charge in [0.15, 0.2) is 0 Å². The molecule has 0 bridgehead atoms. The quantitative estimate of drug-likeness (QED) is 0.592. The van der Waals surface area contributed by atoms with Crippen LogP contribution in [0, 0.1) is 0 Å². The van der Waals surface area contributed by atoms with Crippen molar-refractivity contribution in [2.24, 2.45) is 0 Å². The monoisotopic (exact) mass is 236 g/mol. The van der Waals surface area contributed by atoms with Gasteiger partial charge in [-0.1, -0.05) is 30.3 Å². The van der Waals surface area contributed by atoms with Gasteiger partial charge in [0.25, 0.3) is 0 Å². The molecule has 94 valence electrons. The maximum Gasteiger partial charge on any atom is 0.508 e. The Morgan fingerprint density at radius 2 is 1.82 bits per heavy atom. The summed E-state index contributed by atoms with van der Waals surface area (Å²) in [5, 5.41) is 0. The van der Waals surface area contributed by atoms with Crippen molar-refractivity contribution in [1.82, 2.24) is 0 Å². The SMILES string of the molecule is CC(C)(C)OC(=O)OCCCc1ccccc1. The summed E-state index contributed by atoms with van der Waals surface area (Å²) >= 11 is 0. The van der Waals surface area contributed by atoms with Crippen LogP contribution >= 0.6 is 0 Å². The Bertz CT molecular complexity index is 338. The summed E-state index contributed by atoms with van der Waals surface area (Å²) in [6.07, 6.45) is 1.12. The first-order valence-corrected chi connectivity index (χ1v) is 5.87. The Hall–Kier alpha value is -1.51. The first kappa shape index (κ1) is 13.6. The van der Waals surface area contributed by atoms with Crippen molar-refractivity contribution in [3.8, 4) is 0 Å². The Morgan fingerprint density at radius 1 is 1.18 bits per heavy atom. The molecule has 0 saturated heterocycles. The number of rotatable bonds is 4. The second kappa shape index (κ2) is 6.28. The third-order valence-electron chi connectivity index (χ3n) is 2.06. The highest BCUT2D eigenvalue weighted by atomic mass is 16.7. The van der Waals surface area contributed by atoms with Crippen LogP contribution in [0.3, 0.4) is 0 Å². The molecule has 0 aromatic heterocycles. The van der Waals surface area contributed by atoms with Gasteiger partial charge in [0, 0.05) is 0 Å². The topological polar surface area (TPSA) is 35.5 Å². The van der Waals surface area contributed by atoms with Crippen LogP contribution in [0.5, 0.6) is 0 Å². The molecular formula is C14H20O3. The molecule has 1 rings (SSSR count). The molecule has 0 fully saturated rings. The number of hydrogen-bond acceptors (Lipinski definition) is 3. The van der Waals surface area contributed by atoms with E-state index in [1.807, 2.05) is 39.0 Å². The van der Waals surface area contributed by atoms with Crippen LogP contribution in [0.4, 0.5) is 4.79 Å². The largest absolute Gasteiger partial charge is 0.508 e. The van der Waals surface area contributed by atoms with Crippen molar-refractivity contribution < 1.29 is 14.3 Å². The van der Waals surface area contributed by atoms with Crippen LogP contribution < -0.4 is 0 Å². The molecule has 0 aliphatic rings. The van der Waals surface area contributed by atoms with E-state index in [0.29, 0.717) is 6.61 Å². The lowest BCUT2D eigenvalue weighted by molar-refractivity contribution is -0.00744. The van der Waals surface area contributed by atoms with E-state index in [4.69, 9.17) is 9.47 Å². The fourth-order valence-corrected chi connectivity index (χ4v) is 1.36. The van der Waals surface area contributed by atoms with Crippen LogP contribution in [-0.2, 0) is 15.9 Å². The molecule has 0 amide bonds. The third-order valence-corrected chi connectivity index (χ3v) is 2.06. The standard InChI is InChI=1S/C14H20O3/c1-14(2,3)17-13(15)16-11-7-10-12-8-5-4-6-9-12/h4-6,8-9H,7,10-11H2,1-3H3. The zero-order chi connectivity index (χ0) is 12.7. The summed E-state index contributed by atoms with van der Waals surface area (Å²) in [7, 11) is 0. The second-order valence-corrected chi connectivity index (χ2v) is 4.90. The van der Waals surface area contributed by atoms with Crippen LogP contribution in [0.2, 0.25) is 0 Å². The van der Waals surface area contributed by atoms with E-state index in [2.05, 4.69) is 12.1 Å². The first-order chi connectivity index (χ1) is 7.97. The summed E-state index contributed by atoms with van der Waals surface area (Å²) in [4.78, 5) is 11.2. The van der Waals surface area contributed by atoms with Crippen molar-refractivity contribution in [3.05, 3.63) is 35.9 Å². The van der Waals surface area contributed by atoms with Crippen LogP contribution in [-0.4, -0.2) is 18.4 Å². The summed E-state index contributed by atoms with van der Waals surface area (Å²) < 4.78 is 10.0. The van der Waals surface area contributed by atoms with Crippen molar-refractivity contribution in [2.45, 2.75) is 39.2 Å². The third kappa shape index (κ3) is 6.61. The van der Waals surface area contributed by atoms with Gasteiger partial charge < -0.3 is 9.47 Å². The lowest BCUT2D eigenvalue weighted by Crippen LogP contribution is -2.24. The van der Waals surface area contributed by atoms with Crippen molar-refractivity contribution in [3.63, 3.8) is 0 Å². The summed E-state index contributed by atoms with van der Waals surface area (Å²) in [6.45, 7) is 5.85. The average Bonchev–Trinajstić information content (AvgIpc) is 2.23. The molecule has 0 radical (unpaired) electrons. The van der Waals surface area contributed by atoms with Gasteiger partial charge in [-0.15, -0.1) is 0 Å². The second-order valence-electron chi connectivity index (χ2n) is 4.90. The van der Waals surface area contributed by atoms with Gasteiger partial charge in [-0.3, -0.25) is 0 Å². The molecule has 0 aliphatic carbocycles. The summed E-state index contributed by atoms with van der Waals surface area (Å²) in [6, 6.07) is 10.1. The number of ether oxygens (including phenoxy) is 2. The molecule has 0 heterocycles. The van der Waals surface area contributed by atoms with Gasteiger partial charge in [-0.2, -0.15) is 0 Å². The molecule has 3 heteroatoms.